The topological polar surface area (TPSA) is 72.0 Å². The molecule has 0 bridgehead atoms. The van der Waals surface area contributed by atoms with E-state index in [0.29, 0.717) is 28.5 Å². The summed E-state index contributed by atoms with van der Waals surface area (Å²) in [6.45, 7) is 6.09. The van der Waals surface area contributed by atoms with Crippen molar-refractivity contribution < 1.29 is 9.53 Å². The number of thiophene rings is 1. The Morgan fingerprint density at radius 1 is 1.28 bits per heavy atom. The molecule has 1 aromatic carbocycles. The van der Waals surface area contributed by atoms with Crippen molar-refractivity contribution in [1.29, 1.82) is 0 Å². The van der Waals surface area contributed by atoms with Crippen molar-refractivity contribution in [3.05, 3.63) is 56.2 Å². The van der Waals surface area contributed by atoms with Gasteiger partial charge in [-0.15, -0.1) is 11.3 Å². The summed E-state index contributed by atoms with van der Waals surface area (Å²) in [5.74, 6) is 0.336. The van der Waals surface area contributed by atoms with Crippen molar-refractivity contribution in [2.75, 3.05) is 6.61 Å². The van der Waals surface area contributed by atoms with Gasteiger partial charge in [0.2, 0.25) is 0 Å². The normalized spacial score (nSPS) is 11.0. The molecule has 0 aliphatic carbocycles. The minimum atomic E-state index is -0.318. The summed E-state index contributed by atoms with van der Waals surface area (Å²) in [4.78, 5) is 33.2. The maximum Gasteiger partial charge on any atom is 0.338 e. The summed E-state index contributed by atoms with van der Waals surface area (Å²) in [6, 6.07) is 7.27. The zero-order chi connectivity index (χ0) is 18.0. The average molecular weight is 374 g/mol. The van der Waals surface area contributed by atoms with E-state index in [-0.39, 0.29) is 11.5 Å². The van der Waals surface area contributed by atoms with E-state index in [9.17, 15) is 9.59 Å². The molecule has 2 aromatic heterocycles. The monoisotopic (exact) mass is 374 g/mol. The Balaban J connectivity index is 1.74. The summed E-state index contributed by atoms with van der Waals surface area (Å²) in [5.41, 5.74) is 2.49. The first-order valence-electron chi connectivity index (χ1n) is 7.88. The predicted molar refractivity (Wildman–Crippen MR) is 102 cm³/mol. The highest BCUT2D eigenvalue weighted by atomic mass is 32.2. The van der Waals surface area contributed by atoms with Crippen LogP contribution >= 0.6 is 23.1 Å². The lowest BCUT2D eigenvalue weighted by molar-refractivity contribution is 0.0526. The van der Waals surface area contributed by atoms with Crippen LogP contribution in [0.25, 0.3) is 10.2 Å². The third kappa shape index (κ3) is 3.77. The third-order valence-corrected chi connectivity index (χ3v) is 5.90. The first-order valence-corrected chi connectivity index (χ1v) is 9.68. The number of thioether (sulfide) groups is 1. The molecule has 0 spiro atoms. The number of aromatic amines is 1. The molecule has 130 valence electrons. The Hall–Kier alpha value is -2.12. The van der Waals surface area contributed by atoms with Gasteiger partial charge in [0.1, 0.15) is 4.83 Å². The van der Waals surface area contributed by atoms with Crippen LogP contribution in [-0.4, -0.2) is 22.5 Å². The van der Waals surface area contributed by atoms with Crippen LogP contribution in [0.5, 0.6) is 0 Å². The molecule has 3 rings (SSSR count). The second kappa shape index (κ2) is 7.41. The van der Waals surface area contributed by atoms with Crippen LogP contribution in [0, 0.1) is 13.8 Å². The maximum atomic E-state index is 12.3. The molecule has 25 heavy (non-hydrogen) atoms. The lowest BCUT2D eigenvalue weighted by atomic mass is 10.1. The van der Waals surface area contributed by atoms with Gasteiger partial charge in [-0.25, -0.2) is 9.78 Å². The van der Waals surface area contributed by atoms with Crippen molar-refractivity contribution in [2.24, 2.45) is 0 Å². The van der Waals surface area contributed by atoms with Gasteiger partial charge in [-0.05, 0) is 44.0 Å². The lowest BCUT2D eigenvalue weighted by Crippen LogP contribution is -2.08. The summed E-state index contributed by atoms with van der Waals surface area (Å²) < 4.78 is 4.97. The molecule has 0 saturated heterocycles. The summed E-state index contributed by atoms with van der Waals surface area (Å²) in [7, 11) is 0. The van der Waals surface area contributed by atoms with Gasteiger partial charge in [0.05, 0.1) is 17.6 Å². The number of hydrogen-bond donors (Lipinski definition) is 1. The number of H-pyrrole nitrogens is 1. The van der Waals surface area contributed by atoms with Crippen LogP contribution in [0.3, 0.4) is 0 Å². The zero-order valence-corrected chi connectivity index (χ0v) is 15.8. The van der Waals surface area contributed by atoms with Crippen LogP contribution in [0.1, 0.15) is 33.3 Å². The highest BCUT2D eigenvalue weighted by Gasteiger charge is 2.12. The maximum absolute atomic E-state index is 12.3. The third-order valence-electron chi connectivity index (χ3n) is 3.86. The number of benzene rings is 1. The van der Waals surface area contributed by atoms with Crippen LogP contribution in [0.4, 0.5) is 0 Å². The largest absolute Gasteiger partial charge is 0.462 e. The van der Waals surface area contributed by atoms with E-state index in [1.54, 1.807) is 30.4 Å². The number of aryl methyl sites for hydroxylation is 2. The number of fused-ring (bicyclic) bond motifs is 1. The van der Waals surface area contributed by atoms with Gasteiger partial charge in [-0.2, -0.15) is 0 Å². The number of nitrogens with zero attached hydrogens (tertiary/aromatic N) is 1. The Labute approximate surface area is 153 Å². The average Bonchev–Trinajstić information content (AvgIpc) is 2.88. The number of hydrogen-bond acceptors (Lipinski definition) is 6. The highest BCUT2D eigenvalue weighted by Crippen LogP contribution is 2.28. The standard InChI is InChI=1S/C18H18N2O3S2/c1-4-23-17(22)13-7-5-12(6-8-13)9-24-18-19-15(21)14-10(2)11(3)25-16(14)20-18/h5-8H,4,9H2,1-3H3,(H,19,20,21). The van der Waals surface area contributed by atoms with Gasteiger partial charge in [0, 0.05) is 10.6 Å². The van der Waals surface area contributed by atoms with Crippen LogP contribution in [-0.2, 0) is 10.5 Å². The molecule has 0 saturated carbocycles. The first-order chi connectivity index (χ1) is 12.0. The zero-order valence-electron chi connectivity index (χ0n) is 14.2. The quantitative estimate of drug-likeness (QED) is 0.414. The minimum Gasteiger partial charge on any atom is -0.462 e. The number of carbonyl (C=O) groups is 1. The second-order valence-electron chi connectivity index (χ2n) is 5.54. The van der Waals surface area contributed by atoms with E-state index in [4.69, 9.17) is 4.74 Å². The molecular formula is C18H18N2O3S2. The molecule has 0 aliphatic rings. The van der Waals surface area contributed by atoms with Gasteiger partial charge >= 0.3 is 5.97 Å². The number of esters is 1. The number of rotatable bonds is 5. The SMILES string of the molecule is CCOC(=O)c1ccc(CSc2nc3sc(C)c(C)c3c(=O)[nH]2)cc1. The molecular weight excluding hydrogens is 356 g/mol. The number of ether oxygens (including phenoxy) is 1. The second-order valence-corrected chi connectivity index (χ2v) is 7.71. The Bertz CT molecular complexity index is 974. The van der Waals surface area contributed by atoms with E-state index in [1.165, 1.54) is 11.8 Å². The summed E-state index contributed by atoms with van der Waals surface area (Å²) in [6.07, 6.45) is 0. The van der Waals surface area contributed by atoms with Gasteiger partial charge in [-0.3, -0.25) is 4.79 Å². The van der Waals surface area contributed by atoms with Crippen molar-refractivity contribution in [3.63, 3.8) is 0 Å². The van der Waals surface area contributed by atoms with E-state index in [0.717, 1.165) is 20.8 Å². The highest BCUT2D eigenvalue weighted by molar-refractivity contribution is 7.98. The smallest absolute Gasteiger partial charge is 0.338 e. The molecule has 3 aromatic rings. The van der Waals surface area contributed by atoms with E-state index in [1.807, 2.05) is 26.0 Å². The van der Waals surface area contributed by atoms with Crippen LogP contribution in [0.15, 0.2) is 34.2 Å². The molecule has 7 heteroatoms. The fourth-order valence-electron chi connectivity index (χ4n) is 2.41. The molecule has 1 N–H and O–H groups in total. The Morgan fingerprint density at radius 3 is 2.68 bits per heavy atom. The van der Waals surface area contributed by atoms with Crippen molar-refractivity contribution in [1.82, 2.24) is 9.97 Å². The Morgan fingerprint density at radius 2 is 2.00 bits per heavy atom. The molecule has 0 aliphatic heterocycles. The van der Waals surface area contributed by atoms with E-state index in [2.05, 4.69) is 9.97 Å². The molecule has 0 unspecified atom stereocenters. The molecule has 0 radical (unpaired) electrons. The molecule has 0 fully saturated rings. The van der Waals surface area contributed by atoms with Crippen molar-refractivity contribution >= 4 is 39.3 Å². The Kier molecular flexibility index (Phi) is 5.24. The number of carbonyl (C=O) groups excluding carboxylic acids is 1. The first kappa shape index (κ1) is 17.7. The fourth-order valence-corrected chi connectivity index (χ4v) is 4.31. The molecule has 5 nitrogen and oxygen atoms in total. The summed E-state index contributed by atoms with van der Waals surface area (Å²) in [5, 5.41) is 1.29. The summed E-state index contributed by atoms with van der Waals surface area (Å²) >= 11 is 3.01. The van der Waals surface area contributed by atoms with Crippen LogP contribution < -0.4 is 5.56 Å². The van der Waals surface area contributed by atoms with E-state index < -0.39 is 0 Å². The molecule has 2 heterocycles. The fraction of sp³-hybridized carbons (Fsp3) is 0.278. The van der Waals surface area contributed by atoms with Gasteiger partial charge in [-0.1, -0.05) is 23.9 Å². The van der Waals surface area contributed by atoms with Gasteiger partial charge in [0.15, 0.2) is 5.16 Å². The minimum absolute atomic E-state index is 0.0907. The van der Waals surface area contributed by atoms with Gasteiger partial charge < -0.3 is 9.72 Å². The molecule has 0 atom stereocenters. The predicted octanol–water partition coefficient (Wildman–Crippen LogP) is 4.07. The molecule has 0 amide bonds. The van der Waals surface area contributed by atoms with Crippen LogP contribution in [0.2, 0.25) is 0 Å². The number of nitrogens with one attached hydrogen (secondary N) is 1. The van der Waals surface area contributed by atoms with Crippen molar-refractivity contribution in [2.45, 2.75) is 31.7 Å². The lowest BCUT2D eigenvalue weighted by Gasteiger charge is -2.04. The van der Waals surface area contributed by atoms with Crippen molar-refractivity contribution in [3.8, 4) is 0 Å². The van der Waals surface area contributed by atoms with Gasteiger partial charge in [0.25, 0.3) is 5.56 Å². The number of aromatic nitrogens is 2. The van der Waals surface area contributed by atoms with E-state index >= 15 is 0 Å².